The van der Waals surface area contributed by atoms with Crippen LogP contribution in [0.3, 0.4) is 0 Å². The molecule has 0 aromatic carbocycles. The molecule has 1 nitrogen and oxygen atoms in total. The summed E-state index contributed by atoms with van der Waals surface area (Å²) in [5.41, 5.74) is 0.816. The van der Waals surface area contributed by atoms with E-state index in [1.807, 2.05) is 32.9 Å². The van der Waals surface area contributed by atoms with Crippen LogP contribution in [0.15, 0.2) is 24.3 Å². The summed E-state index contributed by atoms with van der Waals surface area (Å²) in [5, 5.41) is 10.0. The maximum absolute atomic E-state index is 10.0. The van der Waals surface area contributed by atoms with Crippen molar-refractivity contribution in [3.05, 3.63) is 24.3 Å². The van der Waals surface area contributed by atoms with E-state index in [2.05, 4.69) is 27.4 Å². The van der Waals surface area contributed by atoms with Crippen LogP contribution in [0.2, 0.25) is 0 Å². The van der Waals surface area contributed by atoms with Crippen LogP contribution in [0.5, 0.6) is 0 Å². The Labute approximate surface area is 101 Å². The van der Waals surface area contributed by atoms with Crippen molar-refractivity contribution in [1.29, 1.82) is 0 Å². The van der Waals surface area contributed by atoms with Crippen LogP contribution in [-0.4, -0.2) is 10.7 Å². The number of hydrogen-bond donors (Lipinski definition) is 1. The second-order valence-corrected chi connectivity index (χ2v) is 6.47. The van der Waals surface area contributed by atoms with E-state index >= 15 is 0 Å². The van der Waals surface area contributed by atoms with Gasteiger partial charge in [-0.2, -0.15) is 0 Å². The lowest BCUT2D eigenvalue weighted by Crippen LogP contribution is -2.27. The van der Waals surface area contributed by atoms with E-state index in [1.165, 1.54) is 5.57 Å². The number of aliphatic hydroxyl groups is 1. The molecule has 0 spiro atoms. The molecule has 0 aliphatic rings. The van der Waals surface area contributed by atoms with Gasteiger partial charge in [0.2, 0.25) is 0 Å². The minimum Gasteiger partial charge on any atom is -0.386 e. The second-order valence-electron chi connectivity index (χ2n) is 6.47. The predicted octanol–water partition coefficient (Wildman–Crippen LogP) is 4.33. The van der Waals surface area contributed by atoms with Crippen molar-refractivity contribution < 1.29 is 5.11 Å². The molecule has 0 amide bonds. The first-order chi connectivity index (χ1) is 7.04. The molecule has 1 heteroatoms. The molecule has 0 aliphatic carbocycles. The number of hydrogen-bond acceptors (Lipinski definition) is 1. The Morgan fingerprint density at radius 1 is 1.25 bits per heavy atom. The van der Waals surface area contributed by atoms with Crippen LogP contribution < -0.4 is 0 Å². The van der Waals surface area contributed by atoms with Crippen molar-refractivity contribution in [3.8, 4) is 0 Å². The van der Waals surface area contributed by atoms with E-state index in [9.17, 15) is 5.11 Å². The molecule has 0 aromatic rings. The fourth-order valence-corrected chi connectivity index (χ4v) is 1.48. The van der Waals surface area contributed by atoms with Gasteiger partial charge in [-0.05, 0) is 31.1 Å². The van der Waals surface area contributed by atoms with Crippen molar-refractivity contribution in [2.45, 2.75) is 60.0 Å². The van der Waals surface area contributed by atoms with Gasteiger partial charge in [-0.3, -0.25) is 0 Å². The summed E-state index contributed by atoms with van der Waals surface area (Å²) in [6.45, 7) is 16.6. The zero-order chi connectivity index (χ0) is 13.0. The largest absolute Gasteiger partial charge is 0.386 e. The normalized spacial score (nSPS) is 16.8. The minimum absolute atomic E-state index is 0.236. The second kappa shape index (κ2) is 5.67. The summed E-state index contributed by atoms with van der Waals surface area (Å²) in [7, 11) is 0. The molecule has 94 valence electrons. The molecule has 0 aromatic heterocycles. The Balaban J connectivity index is 4.16. The van der Waals surface area contributed by atoms with Gasteiger partial charge in [-0.25, -0.2) is 0 Å². The highest BCUT2D eigenvalue weighted by Gasteiger charge is 2.20. The van der Waals surface area contributed by atoms with Gasteiger partial charge in [-0.1, -0.05) is 58.9 Å². The SMILES string of the molecule is C=C(CC=CC(C)(O)C(C)C)CC(C)(C)C. The fraction of sp³-hybridized carbons (Fsp3) is 0.733. The topological polar surface area (TPSA) is 20.2 Å². The van der Waals surface area contributed by atoms with Crippen LogP contribution in [0.1, 0.15) is 54.4 Å². The van der Waals surface area contributed by atoms with E-state index in [0.29, 0.717) is 5.41 Å². The lowest BCUT2D eigenvalue weighted by Gasteiger charge is -2.24. The van der Waals surface area contributed by atoms with Crippen LogP contribution in [0.4, 0.5) is 0 Å². The van der Waals surface area contributed by atoms with Crippen molar-refractivity contribution in [2.24, 2.45) is 11.3 Å². The van der Waals surface area contributed by atoms with Gasteiger partial charge >= 0.3 is 0 Å². The first-order valence-electron chi connectivity index (χ1n) is 6.11. The number of rotatable bonds is 5. The van der Waals surface area contributed by atoms with Crippen molar-refractivity contribution in [1.82, 2.24) is 0 Å². The third-order valence-electron chi connectivity index (χ3n) is 2.81. The van der Waals surface area contributed by atoms with Crippen LogP contribution in [0, 0.1) is 11.3 Å². The molecule has 1 unspecified atom stereocenters. The molecular weight excluding hydrogens is 196 g/mol. The van der Waals surface area contributed by atoms with Crippen LogP contribution in [-0.2, 0) is 0 Å². The molecule has 1 atom stereocenters. The average Bonchev–Trinajstić information content (AvgIpc) is 1.99. The van der Waals surface area contributed by atoms with E-state index in [1.54, 1.807) is 0 Å². The quantitative estimate of drug-likeness (QED) is 0.689. The standard InChI is InChI=1S/C15H28O/c1-12(2)15(7,16)10-8-9-13(3)11-14(4,5)6/h8,10,12,16H,3,9,11H2,1-2,4-7H3. The van der Waals surface area contributed by atoms with E-state index in [0.717, 1.165) is 12.8 Å². The first-order valence-corrected chi connectivity index (χ1v) is 6.11. The van der Waals surface area contributed by atoms with E-state index in [-0.39, 0.29) is 5.92 Å². The highest BCUT2D eigenvalue weighted by atomic mass is 16.3. The van der Waals surface area contributed by atoms with Gasteiger partial charge in [0.1, 0.15) is 0 Å². The van der Waals surface area contributed by atoms with Gasteiger partial charge in [-0.15, -0.1) is 0 Å². The monoisotopic (exact) mass is 224 g/mol. The number of allylic oxidation sites excluding steroid dienone is 2. The lowest BCUT2D eigenvalue weighted by molar-refractivity contribution is 0.0624. The Kier molecular flexibility index (Phi) is 5.48. The van der Waals surface area contributed by atoms with Gasteiger partial charge in [0.15, 0.2) is 0 Å². The minimum atomic E-state index is -0.706. The van der Waals surface area contributed by atoms with Crippen molar-refractivity contribution in [3.63, 3.8) is 0 Å². The maximum Gasteiger partial charge on any atom is 0.0822 e. The molecule has 0 radical (unpaired) electrons. The molecular formula is C15H28O. The van der Waals surface area contributed by atoms with Crippen LogP contribution >= 0.6 is 0 Å². The molecule has 0 aliphatic heterocycles. The molecule has 0 bridgehead atoms. The summed E-state index contributed by atoms with van der Waals surface area (Å²) >= 11 is 0. The first kappa shape index (κ1) is 15.4. The van der Waals surface area contributed by atoms with Crippen molar-refractivity contribution in [2.75, 3.05) is 0 Å². The Bertz CT molecular complexity index is 251. The summed E-state index contributed by atoms with van der Waals surface area (Å²) in [5.74, 6) is 0.236. The van der Waals surface area contributed by atoms with E-state index < -0.39 is 5.60 Å². The van der Waals surface area contributed by atoms with Gasteiger partial charge in [0.25, 0.3) is 0 Å². The summed E-state index contributed by atoms with van der Waals surface area (Å²) in [4.78, 5) is 0. The fourth-order valence-electron chi connectivity index (χ4n) is 1.48. The highest BCUT2D eigenvalue weighted by molar-refractivity contribution is 5.08. The molecule has 16 heavy (non-hydrogen) atoms. The average molecular weight is 224 g/mol. The Hall–Kier alpha value is -0.560. The highest BCUT2D eigenvalue weighted by Crippen LogP contribution is 2.25. The third-order valence-corrected chi connectivity index (χ3v) is 2.81. The zero-order valence-corrected chi connectivity index (χ0v) is 11.8. The zero-order valence-electron chi connectivity index (χ0n) is 11.8. The smallest absolute Gasteiger partial charge is 0.0822 e. The van der Waals surface area contributed by atoms with Gasteiger partial charge in [0, 0.05) is 0 Å². The van der Waals surface area contributed by atoms with Gasteiger partial charge < -0.3 is 5.11 Å². The predicted molar refractivity (Wildman–Crippen MR) is 72.4 cm³/mol. The molecule has 0 fully saturated rings. The summed E-state index contributed by atoms with van der Waals surface area (Å²) in [6.07, 6.45) is 5.82. The Morgan fingerprint density at radius 2 is 1.75 bits per heavy atom. The molecule has 0 rings (SSSR count). The third kappa shape index (κ3) is 6.84. The summed E-state index contributed by atoms with van der Waals surface area (Å²) in [6, 6.07) is 0. The molecule has 0 heterocycles. The van der Waals surface area contributed by atoms with E-state index in [4.69, 9.17) is 0 Å². The lowest BCUT2D eigenvalue weighted by atomic mass is 9.87. The maximum atomic E-state index is 10.0. The molecule has 0 saturated heterocycles. The van der Waals surface area contributed by atoms with Crippen LogP contribution in [0.25, 0.3) is 0 Å². The molecule has 0 saturated carbocycles. The van der Waals surface area contributed by atoms with Crippen molar-refractivity contribution >= 4 is 0 Å². The molecule has 1 N–H and O–H groups in total. The summed E-state index contributed by atoms with van der Waals surface area (Å²) < 4.78 is 0. The Morgan fingerprint density at radius 3 is 2.12 bits per heavy atom. The van der Waals surface area contributed by atoms with Gasteiger partial charge in [0.05, 0.1) is 5.60 Å².